The van der Waals surface area contributed by atoms with Crippen LogP contribution < -0.4 is 0 Å². The molecule has 0 amide bonds. The molecule has 0 bridgehead atoms. The van der Waals surface area contributed by atoms with Crippen molar-refractivity contribution >= 4 is 11.0 Å². The summed E-state index contributed by atoms with van der Waals surface area (Å²) in [4.78, 5) is 15.1. The highest BCUT2D eigenvalue weighted by Crippen LogP contribution is 2.32. The van der Waals surface area contributed by atoms with Gasteiger partial charge in [-0.15, -0.1) is 0 Å². The van der Waals surface area contributed by atoms with Crippen LogP contribution in [-0.2, 0) is 6.54 Å². The van der Waals surface area contributed by atoms with E-state index in [1.807, 2.05) is 6.07 Å². The molecule has 0 saturated carbocycles. The number of nitrogens with zero attached hydrogens (tertiary/aromatic N) is 4. The molecule has 3 aromatic heterocycles. The maximum absolute atomic E-state index is 5.32. The minimum Gasteiger partial charge on any atom is -0.459 e. The molecule has 4 aromatic rings. The lowest BCUT2D eigenvalue weighted by molar-refractivity contribution is 0.231. The lowest BCUT2D eigenvalue weighted by atomic mass is 10.2. The standard InChI is InChI=1S/C19H19N5O2/c1-12-6-7-13-14(10-12)21-18(20-13)15-4-2-8-24(15)11-17-22-19(26-23-17)16-5-3-9-25-16/h3,5-7,9-10,15H,2,4,8,11H2,1H3,(H,20,21). The maximum Gasteiger partial charge on any atom is 0.293 e. The molecule has 1 aromatic carbocycles. The monoisotopic (exact) mass is 349 g/mol. The summed E-state index contributed by atoms with van der Waals surface area (Å²) in [6, 6.07) is 10.2. The lowest BCUT2D eigenvalue weighted by Crippen LogP contribution is -2.24. The van der Waals surface area contributed by atoms with Crippen LogP contribution in [0.1, 0.15) is 36.1 Å². The Morgan fingerprint density at radius 3 is 3.12 bits per heavy atom. The van der Waals surface area contributed by atoms with Gasteiger partial charge in [0.1, 0.15) is 5.82 Å². The number of likely N-dealkylation sites (tertiary alicyclic amines) is 1. The van der Waals surface area contributed by atoms with Crippen LogP contribution in [0.5, 0.6) is 0 Å². The molecule has 0 spiro atoms. The Hall–Kier alpha value is -2.93. The zero-order valence-corrected chi connectivity index (χ0v) is 14.5. The Bertz CT molecular complexity index is 1030. The highest BCUT2D eigenvalue weighted by molar-refractivity contribution is 5.75. The highest BCUT2D eigenvalue weighted by atomic mass is 16.5. The molecular formula is C19H19N5O2. The van der Waals surface area contributed by atoms with Crippen LogP contribution in [0.3, 0.4) is 0 Å². The number of aryl methyl sites for hydroxylation is 1. The predicted molar refractivity (Wildman–Crippen MR) is 95.2 cm³/mol. The quantitative estimate of drug-likeness (QED) is 0.602. The van der Waals surface area contributed by atoms with Crippen molar-refractivity contribution in [3.8, 4) is 11.7 Å². The number of imidazole rings is 1. The van der Waals surface area contributed by atoms with Crippen molar-refractivity contribution in [2.24, 2.45) is 0 Å². The Labute approximate surface area is 150 Å². The van der Waals surface area contributed by atoms with E-state index in [9.17, 15) is 0 Å². The third-order valence-electron chi connectivity index (χ3n) is 4.88. The molecule has 7 nitrogen and oxygen atoms in total. The van der Waals surface area contributed by atoms with Gasteiger partial charge in [0.15, 0.2) is 11.6 Å². The summed E-state index contributed by atoms with van der Waals surface area (Å²) in [5.74, 6) is 2.68. The summed E-state index contributed by atoms with van der Waals surface area (Å²) in [5.41, 5.74) is 3.33. The van der Waals surface area contributed by atoms with E-state index in [0.29, 0.717) is 24.0 Å². The average Bonchev–Trinajstić information content (AvgIpc) is 3.41. The van der Waals surface area contributed by atoms with Gasteiger partial charge < -0.3 is 13.9 Å². The van der Waals surface area contributed by atoms with E-state index >= 15 is 0 Å². The van der Waals surface area contributed by atoms with Gasteiger partial charge in [-0.1, -0.05) is 11.2 Å². The molecule has 4 heterocycles. The molecule has 1 fully saturated rings. The molecule has 0 aliphatic carbocycles. The van der Waals surface area contributed by atoms with Gasteiger partial charge in [-0.05, 0) is 56.1 Å². The summed E-state index contributed by atoms with van der Waals surface area (Å²) in [6.45, 7) is 3.71. The Kier molecular flexibility index (Phi) is 3.60. The molecular weight excluding hydrogens is 330 g/mol. The molecule has 1 aliphatic heterocycles. The van der Waals surface area contributed by atoms with Crippen molar-refractivity contribution in [1.82, 2.24) is 25.0 Å². The number of fused-ring (bicyclic) bond motifs is 1. The van der Waals surface area contributed by atoms with E-state index in [2.05, 4.69) is 45.1 Å². The second-order valence-electron chi connectivity index (χ2n) is 6.76. The number of furan rings is 1. The van der Waals surface area contributed by atoms with Crippen LogP contribution in [0.4, 0.5) is 0 Å². The van der Waals surface area contributed by atoms with Crippen LogP contribution in [0.15, 0.2) is 45.5 Å². The van der Waals surface area contributed by atoms with Crippen molar-refractivity contribution in [2.45, 2.75) is 32.4 Å². The number of hydrogen-bond acceptors (Lipinski definition) is 6. The molecule has 1 unspecified atom stereocenters. The van der Waals surface area contributed by atoms with Crippen molar-refractivity contribution in [3.05, 3.63) is 53.8 Å². The molecule has 132 valence electrons. The molecule has 1 saturated heterocycles. The van der Waals surface area contributed by atoms with Gasteiger partial charge in [-0.25, -0.2) is 4.98 Å². The summed E-state index contributed by atoms with van der Waals surface area (Å²) in [7, 11) is 0. The first-order valence-electron chi connectivity index (χ1n) is 8.83. The van der Waals surface area contributed by atoms with Gasteiger partial charge >= 0.3 is 0 Å². The molecule has 5 rings (SSSR count). The Balaban J connectivity index is 1.38. The first kappa shape index (κ1) is 15.3. The highest BCUT2D eigenvalue weighted by Gasteiger charge is 2.30. The van der Waals surface area contributed by atoms with E-state index in [4.69, 9.17) is 13.9 Å². The number of hydrogen-bond donors (Lipinski definition) is 1. The van der Waals surface area contributed by atoms with Crippen molar-refractivity contribution in [1.29, 1.82) is 0 Å². The molecule has 7 heteroatoms. The van der Waals surface area contributed by atoms with Crippen molar-refractivity contribution in [2.75, 3.05) is 6.54 Å². The second kappa shape index (κ2) is 6.10. The van der Waals surface area contributed by atoms with Crippen LogP contribution in [0.25, 0.3) is 22.7 Å². The average molecular weight is 349 g/mol. The van der Waals surface area contributed by atoms with Crippen molar-refractivity contribution in [3.63, 3.8) is 0 Å². The van der Waals surface area contributed by atoms with Gasteiger partial charge in [0, 0.05) is 0 Å². The van der Waals surface area contributed by atoms with Crippen LogP contribution in [-0.4, -0.2) is 31.6 Å². The van der Waals surface area contributed by atoms with Gasteiger partial charge in [0.25, 0.3) is 5.89 Å². The molecule has 1 aliphatic rings. The normalized spacial score (nSPS) is 18.1. The fourth-order valence-corrected chi connectivity index (χ4v) is 3.63. The van der Waals surface area contributed by atoms with E-state index in [1.54, 1.807) is 12.3 Å². The maximum atomic E-state index is 5.32. The van der Waals surface area contributed by atoms with Crippen LogP contribution in [0.2, 0.25) is 0 Å². The Morgan fingerprint density at radius 1 is 1.27 bits per heavy atom. The number of aromatic nitrogens is 4. The molecule has 0 radical (unpaired) electrons. The fraction of sp³-hybridized carbons (Fsp3) is 0.316. The smallest absolute Gasteiger partial charge is 0.293 e. The number of benzene rings is 1. The largest absolute Gasteiger partial charge is 0.459 e. The van der Waals surface area contributed by atoms with E-state index in [1.165, 1.54) is 5.56 Å². The zero-order chi connectivity index (χ0) is 17.5. The number of aromatic amines is 1. The Morgan fingerprint density at radius 2 is 2.23 bits per heavy atom. The van der Waals surface area contributed by atoms with Crippen LogP contribution >= 0.6 is 0 Å². The van der Waals surface area contributed by atoms with Gasteiger partial charge in [0.2, 0.25) is 0 Å². The van der Waals surface area contributed by atoms with Gasteiger partial charge in [-0.2, -0.15) is 4.98 Å². The fourth-order valence-electron chi connectivity index (χ4n) is 3.63. The first-order valence-corrected chi connectivity index (χ1v) is 8.83. The SMILES string of the molecule is Cc1ccc2nc(C3CCCN3Cc3noc(-c4ccco4)n3)[nH]c2c1. The molecule has 1 atom stereocenters. The number of nitrogens with one attached hydrogen (secondary N) is 1. The minimum atomic E-state index is 0.244. The summed E-state index contributed by atoms with van der Waals surface area (Å²) < 4.78 is 10.6. The van der Waals surface area contributed by atoms with E-state index in [0.717, 1.165) is 36.2 Å². The number of rotatable bonds is 4. The second-order valence-corrected chi connectivity index (χ2v) is 6.76. The topological polar surface area (TPSA) is 84.0 Å². The summed E-state index contributed by atoms with van der Waals surface area (Å²) in [5, 5.41) is 4.10. The zero-order valence-electron chi connectivity index (χ0n) is 14.5. The van der Waals surface area contributed by atoms with E-state index in [-0.39, 0.29) is 6.04 Å². The summed E-state index contributed by atoms with van der Waals surface area (Å²) >= 11 is 0. The first-order chi connectivity index (χ1) is 12.8. The van der Waals surface area contributed by atoms with E-state index < -0.39 is 0 Å². The summed E-state index contributed by atoms with van der Waals surface area (Å²) in [6.07, 6.45) is 3.80. The number of H-pyrrole nitrogens is 1. The predicted octanol–water partition coefficient (Wildman–Crippen LogP) is 3.85. The third-order valence-corrected chi connectivity index (χ3v) is 4.88. The minimum absolute atomic E-state index is 0.244. The molecule has 26 heavy (non-hydrogen) atoms. The molecule has 1 N–H and O–H groups in total. The third kappa shape index (κ3) is 2.70. The van der Waals surface area contributed by atoms with Gasteiger partial charge in [-0.3, -0.25) is 4.90 Å². The van der Waals surface area contributed by atoms with Crippen molar-refractivity contribution < 1.29 is 8.94 Å². The van der Waals surface area contributed by atoms with Gasteiger partial charge in [0.05, 0.1) is 29.9 Å². The van der Waals surface area contributed by atoms with Crippen LogP contribution in [0, 0.1) is 6.92 Å². The lowest BCUT2D eigenvalue weighted by Gasteiger charge is -2.20.